The fourth-order valence-corrected chi connectivity index (χ4v) is 21.3. The van der Waals surface area contributed by atoms with Gasteiger partial charge < -0.3 is 0 Å². The van der Waals surface area contributed by atoms with Gasteiger partial charge in [0.1, 0.15) is 0 Å². The van der Waals surface area contributed by atoms with Crippen LogP contribution in [0.2, 0.25) is 0 Å². The zero-order chi connectivity index (χ0) is 57.4. The maximum absolute atomic E-state index is 3.98. The van der Waals surface area contributed by atoms with Gasteiger partial charge >= 0.3 is 0 Å². The van der Waals surface area contributed by atoms with E-state index in [0.717, 1.165) is 76.9 Å². The summed E-state index contributed by atoms with van der Waals surface area (Å²) in [5, 5.41) is 0. The summed E-state index contributed by atoms with van der Waals surface area (Å²) in [7, 11) is 0. The Labute approximate surface area is 508 Å². The Bertz CT molecular complexity index is 2650. The summed E-state index contributed by atoms with van der Waals surface area (Å²) in [6.07, 6.45) is 102. The zero-order valence-corrected chi connectivity index (χ0v) is 52.8. The lowest BCUT2D eigenvalue weighted by molar-refractivity contribution is 0.372. The van der Waals surface area contributed by atoms with E-state index in [1.807, 2.05) is 0 Å². The lowest BCUT2D eigenvalue weighted by Crippen LogP contribution is -2.16. The molecular formula is C83H112. The molecule has 28 unspecified atom stereocenters. The van der Waals surface area contributed by atoms with Gasteiger partial charge in [-0.05, 0) is 291 Å². The van der Waals surface area contributed by atoms with Crippen molar-refractivity contribution >= 4 is 0 Å². The van der Waals surface area contributed by atoms with Crippen LogP contribution in [-0.2, 0) is 0 Å². The van der Waals surface area contributed by atoms with Crippen molar-refractivity contribution in [3.8, 4) is 0 Å². The van der Waals surface area contributed by atoms with Crippen molar-refractivity contribution in [2.24, 2.45) is 166 Å². The van der Waals surface area contributed by atoms with Gasteiger partial charge in [-0.1, -0.05) is 214 Å². The average Bonchev–Trinajstić information content (AvgIpc) is 4.43. The molecule has 0 heterocycles. The van der Waals surface area contributed by atoms with Crippen LogP contribution in [0.3, 0.4) is 0 Å². The van der Waals surface area contributed by atoms with Gasteiger partial charge in [-0.25, -0.2) is 0 Å². The van der Waals surface area contributed by atoms with Crippen LogP contribution in [0.5, 0.6) is 0 Å². The topological polar surface area (TPSA) is 0 Å². The highest BCUT2D eigenvalue weighted by Gasteiger charge is 2.48. The number of allylic oxidation sites excluding steroid dienone is 33. The molecular weight excluding hydrogens is 997 g/mol. The minimum Gasteiger partial charge on any atom is -0.103 e. The van der Waals surface area contributed by atoms with Crippen molar-refractivity contribution in [3.05, 3.63) is 207 Å². The Hall–Kier alpha value is -4.42. The van der Waals surface area contributed by atoms with E-state index in [1.165, 1.54) is 89.9 Å². The number of hydrogen-bond acceptors (Lipinski definition) is 0. The van der Waals surface area contributed by atoms with Crippen LogP contribution in [0.1, 0.15) is 138 Å². The summed E-state index contributed by atoms with van der Waals surface area (Å²) in [5.41, 5.74) is 0. The first-order valence-electron chi connectivity index (χ1n) is 34.9. The van der Waals surface area contributed by atoms with Crippen molar-refractivity contribution < 1.29 is 0 Å². The van der Waals surface area contributed by atoms with Gasteiger partial charge in [0.05, 0.1) is 0 Å². The molecule has 83 heavy (non-hydrogen) atoms. The average molecular weight is 1110 g/mol. The maximum atomic E-state index is 3.98. The van der Waals surface area contributed by atoms with Crippen LogP contribution in [0.4, 0.5) is 0 Å². The standard InChI is InChI=1S/C68H88.C15H24/c1-5-15-45-39-50(62-25-11-23-58(45)62)31-33-52-43-53(65-28-13-27-64(52)65)35-36-55-41-47(17-7-3)60(21-9-19-48-42-49-20-10-22-61(49)57(48)18-8-4)68(55)38-37-56-44-54(66-29-14-30-67(56)66)34-32-51-40-46(16-6-2)59-24-12-26-63(51)59;1-5-9-13-11-12(7-3)14(8-4)15(13)10-6-2/h5-20,25-26,28,30-38,45-68H,21-24,27,29,39-44H2,1-4H3;5-7,9-10,12-15H,3,8,11H2,1-2,4H3/b15-5?,16-6?,17-7?,18-8?,19-9+,33-31-,34-32-,36-35-,38-37+;9-5+,10-6+. The van der Waals surface area contributed by atoms with Crippen molar-refractivity contribution in [3.63, 3.8) is 0 Å². The van der Waals surface area contributed by atoms with Gasteiger partial charge in [-0.2, -0.15) is 0 Å². The molecule has 0 aromatic heterocycles. The van der Waals surface area contributed by atoms with Crippen LogP contribution >= 0.6 is 0 Å². The quantitative estimate of drug-likeness (QED) is 0.113. The molecule has 0 aromatic rings. The number of fused-ring (bicyclic) bond motifs is 5. The van der Waals surface area contributed by atoms with E-state index in [1.54, 1.807) is 0 Å². The summed E-state index contributed by atoms with van der Waals surface area (Å²) in [5.74, 6) is 20.1. The molecule has 0 aliphatic heterocycles. The lowest BCUT2D eigenvalue weighted by Gasteiger charge is -2.24. The van der Waals surface area contributed by atoms with Crippen molar-refractivity contribution in [2.75, 3.05) is 0 Å². The Balaban J connectivity index is 0.000000420. The predicted molar refractivity (Wildman–Crippen MR) is 359 cm³/mol. The minimum absolute atomic E-state index is 0.577. The summed E-state index contributed by atoms with van der Waals surface area (Å²) >= 11 is 0. The van der Waals surface area contributed by atoms with Gasteiger partial charge in [-0.15, -0.1) is 6.58 Å². The molecule has 28 atom stereocenters. The van der Waals surface area contributed by atoms with E-state index in [4.69, 9.17) is 0 Å². The molecule has 7 saturated carbocycles. The van der Waals surface area contributed by atoms with Crippen LogP contribution in [0.15, 0.2) is 207 Å². The Morgan fingerprint density at radius 1 is 0.313 bits per heavy atom. The predicted octanol–water partition coefficient (Wildman–Crippen LogP) is 22.1. The Morgan fingerprint density at radius 2 is 0.663 bits per heavy atom. The fourth-order valence-electron chi connectivity index (χ4n) is 21.3. The Kier molecular flexibility index (Phi) is 20.6. The molecule has 444 valence electrons. The van der Waals surface area contributed by atoms with E-state index in [0.29, 0.717) is 88.8 Å². The van der Waals surface area contributed by atoms with Crippen molar-refractivity contribution in [2.45, 2.75) is 138 Å². The summed E-state index contributed by atoms with van der Waals surface area (Å²) in [4.78, 5) is 0. The fraction of sp³-hybridized carbons (Fsp3) is 0.590. The summed E-state index contributed by atoms with van der Waals surface area (Å²) in [6, 6.07) is 0. The first-order chi connectivity index (χ1) is 40.8. The Morgan fingerprint density at radius 3 is 1.14 bits per heavy atom. The van der Waals surface area contributed by atoms with E-state index in [9.17, 15) is 0 Å². The largest absolute Gasteiger partial charge is 0.103 e. The monoisotopic (exact) mass is 1110 g/mol. The molecule has 0 radical (unpaired) electrons. The lowest BCUT2D eigenvalue weighted by atomic mass is 9.81. The highest BCUT2D eigenvalue weighted by Crippen LogP contribution is 2.56. The highest BCUT2D eigenvalue weighted by atomic mass is 14.5. The molecule has 0 amide bonds. The SMILES string of the molecule is C=CC1CC(/C=C/C)C(/C=C/C)C1CC.CC=CC1CC(/C=C\C2CC(/C=C\C3CC(C=CC)C(C/C=C/C4CC5C=CCC5C4C=CC)C3/C=C/C3CC(/C=C\C4CC(C=CC)C5CC=CC45)C4CC=CC34)C3C=CCC23)C2C=CCC12. The minimum atomic E-state index is 0.577. The van der Waals surface area contributed by atoms with E-state index >= 15 is 0 Å². The molecule has 0 spiro atoms. The van der Waals surface area contributed by atoms with E-state index in [2.05, 4.69) is 256 Å². The third-order valence-corrected chi connectivity index (χ3v) is 25.0. The third kappa shape index (κ3) is 12.9. The number of hydrogen-bond donors (Lipinski definition) is 0. The molecule has 0 heteroatoms. The molecule has 0 saturated heterocycles. The van der Waals surface area contributed by atoms with Crippen molar-refractivity contribution in [1.29, 1.82) is 0 Å². The third-order valence-electron chi connectivity index (χ3n) is 25.0. The molecule has 0 N–H and O–H groups in total. The maximum Gasteiger partial charge on any atom is -0.0133 e. The first-order valence-corrected chi connectivity index (χ1v) is 34.9. The second-order valence-corrected chi connectivity index (χ2v) is 29.0. The number of rotatable bonds is 19. The molecule has 0 bridgehead atoms. The van der Waals surface area contributed by atoms with Crippen LogP contribution in [-0.4, -0.2) is 0 Å². The molecule has 12 aliphatic rings. The molecule has 12 aliphatic carbocycles. The van der Waals surface area contributed by atoms with Crippen molar-refractivity contribution in [1.82, 2.24) is 0 Å². The summed E-state index contributed by atoms with van der Waals surface area (Å²) < 4.78 is 0. The van der Waals surface area contributed by atoms with Crippen LogP contribution in [0.25, 0.3) is 0 Å². The van der Waals surface area contributed by atoms with Crippen LogP contribution in [0, 0.1) is 166 Å². The molecule has 0 aromatic carbocycles. The summed E-state index contributed by atoms with van der Waals surface area (Å²) in [6.45, 7) is 19.5. The first kappa shape index (κ1) is 60.3. The molecule has 7 fully saturated rings. The van der Waals surface area contributed by atoms with Gasteiger partial charge in [0.15, 0.2) is 0 Å². The van der Waals surface area contributed by atoms with Crippen LogP contribution < -0.4 is 0 Å². The van der Waals surface area contributed by atoms with Gasteiger partial charge in [0.25, 0.3) is 0 Å². The van der Waals surface area contributed by atoms with Gasteiger partial charge in [0, 0.05) is 0 Å². The second-order valence-electron chi connectivity index (χ2n) is 29.0. The normalized spacial score (nSPS) is 46.7. The second kappa shape index (κ2) is 28.4. The smallest absolute Gasteiger partial charge is 0.0133 e. The molecule has 12 rings (SSSR count). The van der Waals surface area contributed by atoms with E-state index in [-0.39, 0.29) is 0 Å². The zero-order valence-electron chi connectivity index (χ0n) is 52.8. The van der Waals surface area contributed by atoms with E-state index < -0.39 is 0 Å². The molecule has 0 nitrogen and oxygen atoms in total. The van der Waals surface area contributed by atoms with Gasteiger partial charge in [0.2, 0.25) is 0 Å². The van der Waals surface area contributed by atoms with Gasteiger partial charge in [-0.3, -0.25) is 0 Å². The highest BCUT2D eigenvalue weighted by molar-refractivity contribution is 5.25.